The zero-order valence-electron chi connectivity index (χ0n) is 12.0. The van der Waals surface area contributed by atoms with E-state index in [0.29, 0.717) is 13.2 Å². The van der Waals surface area contributed by atoms with Crippen LogP contribution in [0.15, 0.2) is 12.1 Å². The number of hydrogen-bond acceptors (Lipinski definition) is 3. The molecule has 1 rings (SSSR count). The van der Waals surface area contributed by atoms with E-state index < -0.39 is 0 Å². The number of hydrogen-bond donors (Lipinski definition) is 1. The Bertz CT molecular complexity index is 377. The fraction of sp³-hybridized carbons (Fsp3) is 0.600. The van der Waals surface area contributed by atoms with Crippen molar-refractivity contribution in [2.75, 3.05) is 13.2 Å². The molecule has 1 aromatic rings. The van der Waals surface area contributed by atoms with Crippen molar-refractivity contribution in [1.82, 2.24) is 0 Å². The predicted molar refractivity (Wildman–Crippen MR) is 75.5 cm³/mol. The number of benzene rings is 1. The fourth-order valence-electron chi connectivity index (χ4n) is 1.89. The van der Waals surface area contributed by atoms with Crippen molar-refractivity contribution in [1.29, 1.82) is 0 Å². The molecule has 2 N–H and O–H groups in total. The quantitative estimate of drug-likeness (QED) is 0.810. The van der Waals surface area contributed by atoms with E-state index in [0.717, 1.165) is 35.5 Å². The number of ether oxygens (including phenoxy) is 2. The molecule has 0 aliphatic rings. The van der Waals surface area contributed by atoms with Crippen molar-refractivity contribution in [3.63, 3.8) is 0 Å². The van der Waals surface area contributed by atoms with E-state index in [2.05, 4.69) is 13.0 Å². The molecule has 0 spiro atoms. The summed E-state index contributed by atoms with van der Waals surface area (Å²) in [6.07, 6.45) is 1.79. The van der Waals surface area contributed by atoms with Crippen LogP contribution in [0.4, 0.5) is 0 Å². The molecule has 0 heterocycles. The van der Waals surface area contributed by atoms with Crippen molar-refractivity contribution in [2.24, 2.45) is 5.73 Å². The molecule has 0 saturated heterocycles. The molecule has 0 saturated carbocycles. The first kappa shape index (κ1) is 14.8. The summed E-state index contributed by atoms with van der Waals surface area (Å²) in [6, 6.07) is 4.28. The summed E-state index contributed by atoms with van der Waals surface area (Å²) in [5, 5.41) is 0. The van der Waals surface area contributed by atoms with Gasteiger partial charge in [-0.3, -0.25) is 0 Å². The first-order valence-electron chi connectivity index (χ1n) is 6.77. The molecule has 0 radical (unpaired) electrons. The molecule has 0 aliphatic heterocycles. The summed E-state index contributed by atoms with van der Waals surface area (Å²) in [4.78, 5) is 0. The van der Waals surface area contributed by atoms with Gasteiger partial charge in [-0.15, -0.1) is 0 Å². The summed E-state index contributed by atoms with van der Waals surface area (Å²) >= 11 is 0. The molecular weight excluding hydrogens is 226 g/mol. The Hall–Kier alpha value is -1.22. The van der Waals surface area contributed by atoms with Crippen LogP contribution in [0.25, 0.3) is 0 Å². The van der Waals surface area contributed by atoms with Gasteiger partial charge >= 0.3 is 0 Å². The molecule has 0 aliphatic carbocycles. The molecule has 0 bridgehead atoms. The van der Waals surface area contributed by atoms with E-state index in [1.165, 1.54) is 0 Å². The highest BCUT2D eigenvalue weighted by molar-refractivity contribution is 5.46. The highest BCUT2D eigenvalue weighted by atomic mass is 16.5. The molecule has 0 amide bonds. The van der Waals surface area contributed by atoms with Gasteiger partial charge in [0.05, 0.1) is 13.2 Å². The minimum Gasteiger partial charge on any atom is -0.494 e. The maximum atomic E-state index is 6.04. The summed E-state index contributed by atoms with van der Waals surface area (Å²) in [5.41, 5.74) is 8.28. The summed E-state index contributed by atoms with van der Waals surface area (Å²) in [5.74, 6) is 1.86. The van der Waals surface area contributed by atoms with Crippen molar-refractivity contribution in [2.45, 2.75) is 46.6 Å². The van der Waals surface area contributed by atoms with Crippen LogP contribution in [0.1, 0.15) is 38.3 Å². The van der Waals surface area contributed by atoms with Crippen molar-refractivity contribution < 1.29 is 9.47 Å². The smallest absolute Gasteiger partial charge is 0.123 e. The third-order valence-electron chi connectivity index (χ3n) is 2.96. The van der Waals surface area contributed by atoms with E-state index in [4.69, 9.17) is 15.2 Å². The lowest BCUT2D eigenvalue weighted by Gasteiger charge is -2.17. The Morgan fingerprint density at radius 3 is 2.22 bits per heavy atom. The zero-order valence-corrected chi connectivity index (χ0v) is 12.0. The first-order chi connectivity index (χ1) is 8.62. The van der Waals surface area contributed by atoms with Crippen molar-refractivity contribution >= 4 is 0 Å². The van der Waals surface area contributed by atoms with Crippen LogP contribution in [0.5, 0.6) is 11.5 Å². The number of nitrogens with two attached hydrogens (primary N) is 1. The topological polar surface area (TPSA) is 44.5 Å². The fourth-order valence-corrected chi connectivity index (χ4v) is 1.89. The second kappa shape index (κ2) is 7.27. The second-order valence-electron chi connectivity index (χ2n) is 4.46. The maximum Gasteiger partial charge on any atom is 0.123 e. The average Bonchev–Trinajstić information content (AvgIpc) is 2.35. The minimum absolute atomic E-state index is 0.168. The molecule has 3 nitrogen and oxygen atoms in total. The Kier molecular flexibility index (Phi) is 5.99. The Morgan fingerprint density at radius 2 is 1.67 bits per heavy atom. The molecule has 1 atom stereocenters. The van der Waals surface area contributed by atoms with Crippen LogP contribution < -0.4 is 15.2 Å². The molecule has 1 unspecified atom stereocenters. The Labute approximate surface area is 110 Å². The van der Waals surface area contributed by atoms with Gasteiger partial charge < -0.3 is 15.2 Å². The lowest BCUT2D eigenvalue weighted by molar-refractivity contribution is 0.325. The van der Waals surface area contributed by atoms with E-state index in [-0.39, 0.29) is 6.04 Å². The van der Waals surface area contributed by atoms with Crippen LogP contribution in [0, 0.1) is 6.92 Å². The monoisotopic (exact) mass is 251 g/mol. The van der Waals surface area contributed by atoms with Crippen LogP contribution >= 0.6 is 0 Å². The van der Waals surface area contributed by atoms with Gasteiger partial charge in [-0.25, -0.2) is 0 Å². The van der Waals surface area contributed by atoms with E-state index >= 15 is 0 Å². The lowest BCUT2D eigenvalue weighted by Crippen LogP contribution is -2.22. The summed E-state index contributed by atoms with van der Waals surface area (Å²) in [7, 11) is 0. The van der Waals surface area contributed by atoms with Gasteiger partial charge in [0.1, 0.15) is 11.5 Å². The largest absolute Gasteiger partial charge is 0.494 e. The molecule has 18 heavy (non-hydrogen) atoms. The molecular formula is C15H25NO2. The van der Waals surface area contributed by atoms with Crippen molar-refractivity contribution in [3.8, 4) is 11.5 Å². The Balaban J connectivity index is 3.04. The number of aryl methyl sites for hydroxylation is 1. The normalized spacial score (nSPS) is 12.3. The zero-order chi connectivity index (χ0) is 13.5. The van der Waals surface area contributed by atoms with Crippen LogP contribution in [-0.4, -0.2) is 19.3 Å². The van der Waals surface area contributed by atoms with Gasteiger partial charge in [-0.2, -0.15) is 0 Å². The standard InChI is InChI=1S/C15H25NO2/c1-5-13(16)9-12-10-14(17-6-2)11(4)8-15(12)18-7-3/h8,10,13H,5-7,9,16H2,1-4H3. The van der Waals surface area contributed by atoms with E-state index in [1.54, 1.807) is 0 Å². The molecule has 102 valence electrons. The predicted octanol–water partition coefficient (Wildman–Crippen LogP) is 3.07. The highest BCUT2D eigenvalue weighted by Gasteiger charge is 2.12. The van der Waals surface area contributed by atoms with Gasteiger partial charge in [0, 0.05) is 6.04 Å². The summed E-state index contributed by atoms with van der Waals surface area (Å²) in [6.45, 7) is 9.47. The van der Waals surface area contributed by atoms with Crippen LogP contribution in [0.3, 0.4) is 0 Å². The number of rotatable bonds is 7. The van der Waals surface area contributed by atoms with Crippen LogP contribution in [0.2, 0.25) is 0 Å². The minimum atomic E-state index is 0.168. The van der Waals surface area contributed by atoms with E-state index in [9.17, 15) is 0 Å². The molecule has 0 aromatic heterocycles. The van der Waals surface area contributed by atoms with Gasteiger partial charge in [0.15, 0.2) is 0 Å². The average molecular weight is 251 g/mol. The third kappa shape index (κ3) is 3.91. The highest BCUT2D eigenvalue weighted by Crippen LogP contribution is 2.29. The van der Waals surface area contributed by atoms with Gasteiger partial charge in [-0.05, 0) is 56.9 Å². The van der Waals surface area contributed by atoms with Gasteiger partial charge in [-0.1, -0.05) is 6.92 Å². The lowest BCUT2D eigenvalue weighted by atomic mass is 10.0. The van der Waals surface area contributed by atoms with Crippen molar-refractivity contribution in [3.05, 3.63) is 23.3 Å². The molecule has 0 fully saturated rings. The third-order valence-corrected chi connectivity index (χ3v) is 2.96. The Morgan fingerprint density at radius 1 is 1.06 bits per heavy atom. The van der Waals surface area contributed by atoms with Gasteiger partial charge in [0.25, 0.3) is 0 Å². The van der Waals surface area contributed by atoms with Crippen LogP contribution in [-0.2, 0) is 6.42 Å². The second-order valence-corrected chi connectivity index (χ2v) is 4.46. The maximum absolute atomic E-state index is 6.04. The van der Waals surface area contributed by atoms with E-state index in [1.807, 2.05) is 26.8 Å². The first-order valence-corrected chi connectivity index (χ1v) is 6.77. The SMILES string of the molecule is CCOc1cc(CC(N)CC)c(OCC)cc1C. The molecule has 3 heteroatoms. The molecule has 1 aromatic carbocycles. The van der Waals surface area contributed by atoms with Gasteiger partial charge in [0.2, 0.25) is 0 Å². The summed E-state index contributed by atoms with van der Waals surface area (Å²) < 4.78 is 11.3.